The number of benzene rings is 10. The minimum atomic E-state index is -2.61. The molecule has 10 rings (SSSR count). The molecule has 0 aliphatic rings. The van der Waals surface area contributed by atoms with Gasteiger partial charge in [-0.25, -0.2) is 8.78 Å². The maximum Gasteiger partial charge on any atom is 0.172 e. The van der Waals surface area contributed by atoms with Gasteiger partial charge in [-0.15, -0.1) is 0 Å². The molecular formula is C54H37F2NSi. The lowest BCUT2D eigenvalue weighted by Crippen LogP contribution is -2.66. The average molecular weight is 766 g/mol. The van der Waals surface area contributed by atoms with E-state index in [0.717, 1.165) is 16.5 Å². The first-order valence-corrected chi connectivity index (χ1v) is 21.6. The van der Waals surface area contributed by atoms with Crippen LogP contribution in [0.2, 0.25) is 0 Å². The summed E-state index contributed by atoms with van der Waals surface area (Å²) in [5.74, 6) is -0.854. The van der Waals surface area contributed by atoms with Crippen LogP contribution in [0, 0.1) is 11.6 Å². The zero-order valence-corrected chi connectivity index (χ0v) is 32.6. The van der Waals surface area contributed by atoms with E-state index in [2.05, 4.69) is 151 Å². The average Bonchev–Trinajstić information content (AvgIpc) is 3.29. The van der Waals surface area contributed by atoms with Gasteiger partial charge in [0.15, 0.2) is 8.07 Å². The molecule has 0 unspecified atom stereocenters. The van der Waals surface area contributed by atoms with Crippen molar-refractivity contribution >= 4 is 79.1 Å². The van der Waals surface area contributed by atoms with Gasteiger partial charge in [-0.1, -0.05) is 188 Å². The molecule has 0 fully saturated rings. The molecule has 1 nitrogen and oxygen atoms in total. The van der Waals surface area contributed by atoms with E-state index in [4.69, 9.17) is 0 Å². The van der Waals surface area contributed by atoms with Gasteiger partial charge in [0.2, 0.25) is 0 Å². The third-order valence-corrected chi connectivity index (χ3v) is 15.9. The highest BCUT2D eigenvalue weighted by Gasteiger charge is 2.36. The first-order valence-electron chi connectivity index (χ1n) is 19.6. The molecule has 0 radical (unpaired) electrons. The number of hydrogen-bond donors (Lipinski definition) is 0. The van der Waals surface area contributed by atoms with Gasteiger partial charge in [-0.05, 0) is 101 Å². The van der Waals surface area contributed by atoms with Gasteiger partial charge in [-0.3, -0.25) is 0 Å². The van der Waals surface area contributed by atoms with Gasteiger partial charge < -0.3 is 4.90 Å². The van der Waals surface area contributed by atoms with E-state index in [0.29, 0.717) is 5.69 Å². The fourth-order valence-corrected chi connectivity index (χ4v) is 13.0. The summed E-state index contributed by atoms with van der Waals surface area (Å²) < 4.78 is 30.5. The third-order valence-electron chi connectivity index (χ3n) is 11.5. The van der Waals surface area contributed by atoms with Crippen LogP contribution < -0.4 is 20.5 Å². The highest BCUT2D eigenvalue weighted by Crippen LogP contribution is 2.42. The molecule has 0 saturated carbocycles. The largest absolute Gasteiger partial charge is 0.305 e. The summed E-state index contributed by atoms with van der Waals surface area (Å²) >= 11 is 0. The summed E-state index contributed by atoms with van der Waals surface area (Å²) in [5.41, 5.74) is 7.03. The molecule has 0 N–H and O–H groups in total. The van der Waals surface area contributed by atoms with Crippen LogP contribution in [0.4, 0.5) is 25.8 Å². The van der Waals surface area contributed by atoms with Crippen LogP contribution in [0.25, 0.3) is 49.5 Å². The van der Waals surface area contributed by atoms with Gasteiger partial charge >= 0.3 is 0 Å². The van der Waals surface area contributed by atoms with Gasteiger partial charge in [0.1, 0.15) is 11.6 Å². The third kappa shape index (κ3) is 5.97. The summed E-state index contributed by atoms with van der Waals surface area (Å²) in [6.07, 6.45) is 2.36. The lowest BCUT2D eigenvalue weighted by molar-refractivity contribution is 0.619. The Kier molecular flexibility index (Phi) is 8.97. The Morgan fingerprint density at radius 2 is 0.845 bits per heavy atom. The van der Waals surface area contributed by atoms with Crippen LogP contribution in [0.3, 0.4) is 0 Å². The zero-order valence-electron chi connectivity index (χ0n) is 31.6. The van der Waals surface area contributed by atoms with Crippen LogP contribution in [0.15, 0.2) is 218 Å². The number of rotatable bonds is 9. The molecule has 0 aliphatic carbocycles. The van der Waals surface area contributed by atoms with E-state index in [-0.39, 0.29) is 11.4 Å². The Morgan fingerprint density at radius 3 is 1.38 bits per heavy atom. The van der Waals surface area contributed by atoms with Crippen molar-refractivity contribution in [3.8, 4) is 11.1 Å². The molecule has 0 aromatic heterocycles. The monoisotopic (exact) mass is 765 g/mol. The van der Waals surface area contributed by atoms with Crippen molar-refractivity contribution in [3.05, 3.63) is 235 Å². The minimum Gasteiger partial charge on any atom is -0.305 e. The van der Waals surface area contributed by atoms with Crippen LogP contribution in [-0.2, 0) is 0 Å². The Hall–Kier alpha value is -7.14. The molecule has 0 atom stereocenters. The van der Waals surface area contributed by atoms with E-state index < -0.39 is 19.7 Å². The number of halogens is 2. The Morgan fingerprint density at radius 1 is 0.397 bits per heavy atom. The molecule has 58 heavy (non-hydrogen) atoms. The van der Waals surface area contributed by atoms with Crippen molar-refractivity contribution in [2.24, 2.45) is 0 Å². The first-order chi connectivity index (χ1) is 28.6. The molecule has 0 spiro atoms. The minimum absolute atomic E-state index is 0.282. The predicted molar refractivity (Wildman–Crippen MR) is 243 cm³/mol. The second kappa shape index (κ2) is 14.7. The van der Waals surface area contributed by atoms with Gasteiger partial charge in [0.05, 0.1) is 11.4 Å². The Labute approximate surface area is 337 Å². The predicted octanol–water partition coefficient (Wildman–Crippen LogP) is 12.7. The maximum absolute atomic E-state index is 15.3. The van der Waals surface area contributed by atoms with Gasteiger partial charge in [0, 0.05) is 5.69 Å². The molecule has 0 heterocycles. The van der Waals surface area contributed by atoms with E-state index in [1.54, 1.807) is 41.3 Å². The fraction of sp³-hybridized carbons (Fsp3) is 0. The summed E-state index contributed by atoms with van der Waals surface area (Å²) in [5, 5.41) is 11.2. The van der Waals surface area contributed by atoms with Crippen LogP contribution in [0.1, 0.15) is 5.56 Å². The standard InChI is InChI=1S/C54H37F2NSi/c55-49-20-10-12-22-51(49)57(52-23-13-11-21-50(52)56)42-31-26-38(27-32-42)46-33-28-41-29-34-47-39(24-25-40-30-35-48(46)54(41)53(40)47)36-37-58(43-14-4-1-5-15-43,44-16-6-2-7-17-44)45-18-8-3-9-19-45/h1-37H. The van der Waals surface area contributed by atoms with Crippen molar-refractivity contribution in [1.29, 1.82) is 0 Å². The van der Waals surface area contributed by atoms with Gasteiger partial charge in [0.25, 0.3) is 0 Å². The quantitative estimate of drug-likeness (QED) is 0.0804. The van der Waals surface area contributed by atoms with E-state index in [1.165, 1.54) is 60.2 Å². The number of nitrogens with zero attached hydrogens (tertiary/aromatic N) is 1. The smallest absolute Gasteiger partial charge is 0.172 e. The van der Waals surface area contributed by atoms with Crippen molar-refractivity contribution < 1.29 is 8.78 Å². The van der Waals surface area contributed by atoms with E-state index in [1.807, 2.05) is 24.3 Å². The fourth-order valence-electron chi connectivity index (χ4n) is 8.79. The topological polar surface area (TPSA) is 3.24 Å². The summed E-state index contributed by atoms with van der Waals surface area (Å²) in [6.45, 7) is 0. The molecule has 4 heteroatoms. The SMILES string of the molecule is Fc1ccccc1N(c1ccc(-c2ccc3ccc4c(C=C[Si](c5ccccc5)(c5ccccc5)c5ccccc5)ccc5ccc2c3c54)cc1)c1ccccc1F. The highest BCUT2D eigenvalue weighted by molar-refractivity contribution is 7.15. The van der Waals surface area contributed by atoms with Gasteiger partial charge in [-0.2, -0.15) is 0 Å². The molecule has 0 saturated heterocycles. The molecular weight excluding hydrogens is 729 g/mol. The number of anilines is 3. The second-order valence-electron chi connectivity index (χ2n) is 14.7. The number of para-hydroxylation sites is 2. The summed E-state index contributed by atoms with van der Waals surface area (Å²) in [7, 11) is -2.61. The van der Waals surface area contributed by atoms with Crippen molar-refractivity contribution in [1.82, 2.24) is 0 Å². The molecule has 0 amide bonds. The maximum atomic E-state index is 15.3. The first kappa shape index (κ1) is 35.3. The molecule has 10 aromatic rings. The van der Waals surface area contributed by atoms with Crippen molar-refractivity contribution in [2.75, 3.05) is 4.90 Å². The van der Waals surface area contributed by atoms with Crippen molar-refractivity contribution in [2.45, 2.75) is 0 Å². The summed E-state index contributed by atoms with van der Waals surface area (Å²) in [6, 6.07) is 71.7. The lowest BCUT2D eigenvalue weighted by atomic mass is 9.88. The van der Waals surface area contributed by atoms with Crippen molar-refractivity contribution in [3.63, 3.8) is 0 Å². The van der Waals surface area contributed by atoms with Crippen LogP contribution in [-0.4, -0.2) is 8.07 Å². The van der Waals surface area contributed by atoms with E-state index in [9.17, 15) is 0 Å². The number of hydrogen-bond acceptors (Lipinski definition) is 1. The lowest BCUT2D eigenvalue weighted by Gasteiger charge is -2.31. The second-order valence-corrected chi connectivity index (χ2v) is 18.4. The normalized spacial score (nSPS) is 11.9. The van der Waals surface area contributed by atoms with Crippen LogP contribution >= 0.6 is 0 Å². The molecule has 10 aromatic carbocycles. The molecule has 0 aliphatic heterocycles. The Balaban J connectivity index is 1.11. The summed E-state index contributed by atoms with van der Waals surface area (Å²) in [4.78, 5) is 1.64. The van der Waals surface area contributed by atoms with E-state index >= 15 is 8.78 Å². The van der Waals surface area contributed by atoms with Crippen LogP contribution in [0.5, 0.6) is 0 Å². The highest BCUT2D eigenvalue weighted by atomic mass is 28.3. The Bertz CT molecular complexity index is 2930. The zero-order chi connectivity index (χ0) is 39.1. The molecule has 0 bridgehead atoms. The molecule has 276 valence electrons.